The molecule has 0 atom stereocenters. The lowest BCUT2D eigenvalue weighted by Crippen LogP contribution is -2.44. The van der Waals surface area contributed by atoms with Crippen molar-refractivity contribution < 1.29 is 9.53 Å². The van der Waals surface area contributed by atoms with Gasteiger partial charge in [0, 0.05) is 17.1 Å². The zero-order valence-electron chi connectivity index (χ0n) is 13.2. The second-order valence-corrected chi connectivity index (χ2v) is 11.8. The maximum Gasteiger partial charge on any atom is 0.340 e. The average Bonchev–Trinajstić information content (AvgIpc) is 2.76. The number of methoxy groups -OCH3 is 1. The van der Waals surface area contributed by atoms with E-state index in [0.29, 0.717) is 5.56 Å². The lowest BCUT2D eigenvalue weighted by atomic mass is 10.2. The van der Waals surface area contributed by atoms with Gasteiger partial charge in [-0.1, -0.05) is 52.1 Å². The van der Waals surface area contributed by atoms with Crippen molar-refractivity contribution in [3.05, 3.63) is 36.0 Å². The van der Waals surface area contributed by atoms with Gasteiger partial charge in [-0.15, -0.1) is 0 Å². The molecule has 0 fully saturated rings. The molecule has 1 aromatic carbocycles. The van der Waals surface area contributed by atoms with Crippen LogP contribution < -0.4 is 0 Å². The molecule has 2 rings (SSSR count). The maximum atomic E-state index is 12.0. The Morgan fingerprint density at radius 3 is 2.35 bits per heavy atom. The van der Waals surface area contributed by atoms with E-state index >= 15 is 0 Å². The van der Waals surface area contributed by atoms with E-state index in [1.807, 2.05) is 24.4 Å². The highest BCUT2D eigenvalue weighted by Gasteiger charge is 2.39. The summed E-state index contributed by atoms with van der Waals surface area (Å²) in [5.41, 5.74) is 1.78. The molecule has 0 aliphatic rings. The van der Waals surface area contributed by atoms with Crippen LogP contribution in [0.4, 0.5) is 0 Å². The van der Waals surface area contributed by atoms with Gasteiger partial charge < -0.3 is 8.97 Å². The first-order valence-electron chi connectivity index (χ1n) is 6.89. The van der Waals surface area contributed by atoms with Gasteiger partial charge >= 0.3 is 5.97 Å². The molecule has 0 bridgehead atoms. The fraction of sp³-hybridized carbons (Fsp3) is 0.438. The Morgan fingerprint density at radius 1 is 1.20 bits per heavy atom. The number of ether oxygens (including phenoxy) is 1. The van der Waals surface area contributed by atoms with Crippen LogP contribution in [0.25, 0.3) is 10.9 Å². The first-order chi connectivity index (χ1) is 9.20. The van der Waals surface area contributed by atoms with Crippen LogP contribution in [0, 0.1) is 0 Å². The summed E-state index contributed by atoms with van der Waals surface area (Å²) in [6.07, 6.45) is 1.98. The van der Waals surface area contributed by atoms with Crippen LogP contribution in [-0.4, -0.2) is 25.5 Å². The molecule has 108 valence electrons. The third kappa shape index (κ3) is 2.18. The number of rotatable bonds is 2. The number of hydrogen-bond acceptors (Lipinski definition) is 2. The van der Waals surface area contributed by atoms with Crippen molar-refractivity contribution in [3.8, 4) is 0 Å². The summed E-state index contributed by atoms with van der Waals surface area (Å²) in [7, 11) is -0.343. The molecule has 0 spiro atoms. The number of esters is 1. The van der Waals surface area contributed by atoms with E-state index in [0.717, 1.165) is 10.9 Å². The summed E-state index contributed by atoms with van der Waals surface area (Å²) in [5.74, 6) is -0.265. The number of benzene rings is 1. The van der Waals surface area contributed by atoms with Crippen molar-refractivity contribution in [1.29, 1.82) is 0 Å². The molecule has 0 aliphatic heterocycles. The average molecular weight is 289 g/mol. The third-order valence-corrected chi connectivity index (χ3v) is 9.80. The van der Waals surface area contributed by atoms with Crippen LogP contribution in [0.3, 0.4) is 0 Å². The summed E-state index contributed by atoms with van der Waals surface area (Å²) >= 11 is 0. The van der Waals surface area contributed by atoms with Crippen molar-refractivity contribution in [2.45, 2.75) is 38.9 Å². The summed E-state index contributed by atoms with van der Waals surface area (Å²) in [6, 6.07) is 8.06. The molecule has 0 aliphatic carbocycles. The van der Waals surface area contributed by atoms with Gasteiger partial charge in [-0.2, -0.15) is 0 Å². The smallest absolute Gasteiger partial charge is 0.340 e. The number of carbonyl (C=O) groups excluding carboxylic acids is 1. The van der Waals surface area contributed by atoms with E-state index in [1.165, 1.54) is 7.11 Å². The zero-order chi connectivity index (χ0) is 15.1. The number of aromatic nitrogens is 1. The van der Waals surface area contributed by atoms with E-state index < -0.39 is 8.24 Å². The molecule has 20 heavy (non-hydrogen) atoms. The van der Waals surface area contributed by atoms with Crippen LogP contribution in [0.1, 0.15) is 31.1 Å². The molecule has 2 aromatic rings. The molecule has 3 nitrogen and oxygen atoms in total. The Labute approximate surface area is 121 Å². The summed E-state index contributed by atoms with van der Waals surface area (Å²) in [5, 5.41) is 1.17. The van der Waals surface area contributed by atoms with Crippen molar-refractivity contribution in [3.63, 3.8) is 0 Å². The molecule has 1 heterocycles. The summed E-state index contributed by atoms with van der Waals surface area (Å²) in [4.78, 5) is 12.0. The SMILES string of the molecule is COC(=O)c1cn([Si](C)(C)C(C)(C)C)c2ccccc12. The summed E-state index contributed by atoms with van der Waals surface area (Å²) < 4.78 is 7.25. The van der Waals surface area contributed by atoms with Gasteiger partial charge in [0.25, 0.3) is 0 Å². The fourth-order valence-electron chi connectivity index (χ4n) is 2.28. The number of nitrogens with zero attached hydrogens (tertiary/aromatic N) is 1. The molecule has 0 saturated carbocycles. The van der Waals surface area contributed by atoms with Gasteiger partial charge in [0.2, 0.25) is 0 Å². The minimum Gasteiger partial charge on any atom is -0.465 e. The van der Waals surface area contributed by atoms with Gasteiger partial charge in [-0.25, -0.2) is 4.79 Å². The number of fused-ring (bicyclic) bond motifs is 1. The Balaban J connectivity index is 2.76. The molecule has 0 unspecified atom stereocenters. The Morgan fingerprint density at radius 2 is 1.80 bits per heavy atom. The molecule has 0 N–H and O–H groups in total. The van der Waals surface area contributed by atoms with Crippen molar-refractivity contribution in [2.24, 2.45) is 0 Å². The first kappa shape index (κ1) is 14.8. The van der Waals surface area contributed by atoms with E-state index in [2.05, 4.69) is 44.2 Å². The van der Waals surface area contributed by atoms with E-state index in [4.69, 9.17) is 4.74 Å². The van der Waals surface area contributed by atoms with E-state index in [9.17, 15) is 4.79 Å². The van der Waals surface area contributed by atoms with E-state index in [1.54, 1.807) is 0 Å². The zero-order valence-corrected chi connectivity index (χ0v) is 14.2. The minimum absolute atomic E-state index is 0.197. The molecular weight excluding hydrogens is 266 g/mol. The second kappa shape index (κ2) is 4.77. The molecular formula is C16H23NO2Si. The molecule has 4 heteroatoms. The van der Waals surface area contributed by atoms with Crippen LogP contribution >= 0.6 is 0 Å². The monoisotopic (exact) mass is 289 g/mol. The van der Waals surface area contributed by atoms with Gasteiger partial charge in [0.15, 0.2) is 8.24 Å². The van der Waals surface area contributed by atoms with E-state index in [-0.39, 0.29) is 11.0 Å². The Kier molecular flexibility index (Phi) is 3.54. The number of para-hydroxylation sites is 1. The molecule has 0 amide bonds. The minimum atomic E-state index is -1.77. The van der Waals surface area contributed by atoms with Gasteiger partial charge in [-0.3, -0.25) is 0 Å². The third-order valence-electron chi connectivity index (χ3n) is 4.55. The molecule has 1 aromatic heterocycles. The maximum absolute atomic E-state index is 12.0. The van der Waals surface area contributed by atoms with Crippen LogP contribution in [-0.2, 0) is 4.74 Å². The lowest BCUT2D eigenvalue weighted by molar-refractivity contribution is 0.0603. The van der Waals surface area contributed by atoms with Crippen molar-refractivity contribution in [2.75, 3.05) is 7.11 Å². The van der Waals surface area contributed by atoms with Crippen molar-refractivity contribution in [1.82, 2.24) is 4.23 Å². The Hall–Kier alpha value is -1.55. The van der Waals surface area contributed by atoms with Crippen molar-refractivity contribution >= 4 is 25.1 Å². The first-order valence-corrected chi connectivity index (χ1v) is 9.84. The van der Waals surface area contributed by atoms with Crippen LogP contribution in [0.15, 0.2) is 30.5 Å². The molecule has 0 saturated heterocycles. The highest BCUT2D eigenvalue weighted by Crippen LogP contribution is 2.39. The topological polar surface area (TPSA) is 31.2 Å². The second-order valence-electron chi connectivity index (χ2n) is 6.73. The van der Waals surface area contributed by atoms with Gasteiger partial charge in [0.1, 0.15) is 0 Å². The highest BCUT2D eigenvalue weighted by molar-refractivity contribution is 6.79. The fourth-order valence-corrected chi connectivity index (χ4v) is 4.25. The number of carbonyl (C=O) groups is 1. The van der Waals surface area contributed by atoms with Gasteiger partial charge in [0.05, 0.1) is 12.7 Å². The number of hydrogen-bond donors (Lipinski definition) is 0. The lowest BCUT2D eigenvalue weighted by Gasteiger charge is -2.38. The van der Waals surface area contributed by atoms with Crippen LogP contribution in [0.5, 0.6) is 0 Å². The standard InChI is InChI=1S/C16H23NO2Si/c1-16(2,3)20(5,6)17-11-13(15(18)19-4)12-9-7-8-10-14(12)17/h7-11H,1-6H3. The summed E-state index contributed by atoms with van der Waals surface area (Å²) in [6.45, 7) is 11.5. The van der Waals surface area contributed by atoms with Gasteiger partial charge in [-0.05, 0) is 11.1 Å². The molecule has 0 radical (unpaired) electrons. The predicted molar refractivity (Wildman–Crippen MR) is 85.9 cm³/mol. The quantitative estimate of drug-likeness (QED) is 0.610. The predicted octanol–water partition coefficient (Wildman–Crippen LogP) is 4.28. The Bertz CT molecular complexity index is 650. The highest BCUT2D eigenvalue weighted by atomic mass is 28.3. The van der Waals surface area contributed by atoms with Crippen LogP contribution in [0.2, 0.25) is 18.1 Å². The normalized spacial score (nSPS) is 12.7. The largest absolute Gasteiger partial charge is 0.465 e.